The van der Waals surface area contributed by atoms with Crippen molar-refractivity contribution in [3.05, 3.63) is 29.8 Å². The van der Waals surface area contributed by atoms with Gasteiger partial charge < -0.3 is 0 Å². The molecule has 0 aliphatic carbocycles. The van der Waals surface area contributed by atoms with Gasteiger partial charge in [0.05, 0.1) is 0 Å². The Morgan fingerprint density at radius 2 is 1.91 bits per heavy atom. The fourth-order valence-corrected chi connectivity index (χ4v) is 0.681. The van der Waals surface area contributed by atoms with Gasteiger partial charge in [-0.2, -0.15) is 0 Å². The van der Waals surface area contributed by atoms with E-state index in [0.29, 0.717) is 18.7 Å². The quantitative estimate of drug-likeness (QED) is 0.471. The van der Waals surface area contributed by atoms with Gasteiger partial charge in [-0.3, -0.25) is 0 Å². The Morgan fingerprint density at radius 3 is 2.36 bits per heavy atom. The second kappa shape index (κ2) is 3.66. The van der Waals surface area contributed by atoms with Crippen LogP contribution in [0.5, 0.6) is 5.75 Å². The fraction of sp³-hybridized carbons (Fsp3) is 0. The van der Waals surface area contributed by atoms with Gasteiger partial charge in [-0.05, 0) is 0 Å². The summed E-state index contributed by atoms with van der Waals surface area (Å²) in [6, 6.07) is 6.26. The van der Waals surface area contributed by atoms with Crippen LogP contribution in [0.2, 0.25) is 0 Å². The molecule has 0 amide bonds. The molecule has 4 heteroatoms. The Morgan fingerprint density at radius 1 is 1.27 bits per heavy atom. The summed E-state index contributed by atoms with van der Waals surface area (Å²) < 4.78 is 14.3. The first kappa shape index (κ1) is 7.66. The molecule has 0 atom stereocenters. The van der Waals surface area contributed by atoms with Crippen LogP contribution in [0.3, 0.4) is 0 Å². The minimum atomic E-state index is 0.343. The molecule has 54 valence electrons. The molecule has 0 fully saturated rings. The van der Waals surface area contributed by atoms with Crippen LogP contribution in [0.15, 0.2) is 24.3 Å². The van der Waals surface area contributed by atoms with Crippen LogP contribution in [0.4, 0.5) is 0 Å². The second-order valence-corrected chi connectivity index (χ2v) is 1.90. The van der Waals surface area contributed by atoms with Crippen molar-refractivity contribution in [3.63, 3.8) is 0 Å². The van der Waals surface area contributed by atoms with E-state index in [9.17, 15) is 9.50 Å². The van der Waals surface area contributed by atoms with E-state index in [2.05, 4.69) is 4.65 Å². The second-order valence-electron chi connectivity index (χ2n) is 1.90. The van der Waals surface area contributed by atoms with Gasteiger partial charge in [0.25, 0.3) is 0 Å². The van der Waals surface area contributed by atoms with E-state index in [1.807, 2.05) is 0 Å². The van der Waals surface area contributed by atoms with Gasteiger partial charge in [-0.15, -0.1) is 0 Å². The summed E-state index contributed by atoms with van der Waals surface area (Å²) in [4.78, 5) is 10.2. The molecular formula is C7H5BO3. The van der Waals surface area contributed by atoms with Crippen molar-refractivity contribution in [2.75, 3.05) is 0 Å². The summed E-state index contributed by atoms with van der Waals surface area (Å²) in [6.07, 6.45) is 0.727. The van der Waals surface area contributed by atoms with Crippen LogP contribution < -0.4 is 4.65 Å². The van der Waals surface area contributed by atoms with Crippen LogP contribution in [-0.2, 0) is 4.70 Å². The number of carbonyl (C=O) groups excluding carboxylic acids is 1. The zero-order chi connectivity index (χ0) is 8.10. The summed E-state index contributed by atoms with van der Waals surface area (Å²) in [5.41, 5.74) is 0.559. The molecule has 0 heterocycles. The van der Waals surface area contributed by atoms with Crippen molar-refractivity contribution in [1.29, 1.82) is 0 Å². The molecule has 0 aliphatic heterocycles. The molecule has 0 aromatic heterocycles. The monoisotopic (exact) mass is 148 g/mol. The Kier molecular flexibility index (Phi) is 2.55. The molecule has 1 rings (SSSR count). The summed E-state index contributed by atoms with van der Waals surface area (Å²) in [6.45, 7) is 0. The molecular weight excluding hydrogens is 143 g/mol. The molecule has 0 N–H and O–H groups in total. The van der Waals surface area contributed by atoms with Crippen molar-refractivity contribution in [2.45, 2.75) is 0 Å². The molecule has 11 heavy (non-hydrogen) atoms. The normalized spacial score (nSPS) is 8.36. The Bertz CT molecular complexity index is 255. The number of carbonyl (C=O) groups is 1. The van der Waals surface area contributed by atoms with Crippen molar-refractivity contribution < 1.29 is 14.2 Å². The molecule has 1 aromatic carbocycles. The molecule has 0 aliphatic rings. The van der Waals surface area contributed by atoms with Gasteiger partial charge in [0.15, 0.2) is 0 Å². The van der Waals surface area contributed by atoms with Gasteiger partial charge >= 0.3 is 63.4 Å². The molecule has 0 unspecified atom stereocenters. The van der Waals surface area contributed by atoms with Gasteiger partial charge in [0.2, 0.25) is 0 Å². The Labute approximate surface area is 64.3 Å². The van der Waals surface area contributed by atoms with Crippen LogP contribution in [-0.4, -0.2) is 13.6 Å². The van der Waals surface area contributed by atoms with E-state index >= 15 is 0 Å². The molecule has 3 nitrogen and oxygen atoms in total. The van der Waals surface area contributed by atoms with Crippen LogP contribution in [0, 0.1) is 0 Å². The summed E-state index contributed by atoms with van der Waals surface area (Å²) in [5.74, 6) is 0.436. The number of hydrogen-bond donors (Lipinski definition) is 0. The topological polar surface area (TPSA) is 43.4 Å². The third kappa shape index (κ3) is 2.00. The van der Waals surface area contributed by atoms with Crippen molar-refractivity contribution >= 4 is 13.6 Å². The van der Waals surface area contributed by atoms with Crippen LogP contribution in [0.25, 0.3) is 0 Å². The summed E-state index contributed by atoms with van der Waals surface area (Å²) >= 11 is 0. The van der Waals surface area contributed by atoms with E-state index in [1.165, 1.54) is 0 Å². The maximum absolute atomic E-state index is 10.2. The Balaban J connectivity index is 2.81. The SMILES string of the molecule is O=BOc1ccc(C=O)cc1. The third-order valence-electron chi connectivity index (χ3n) is 1.20. The standard InChI is InChI=1S/C7H5BO3/c9-5-6-1-3-7(4-2-6)11-8-10/h1-5H. The number of aldehydes is 1. The molecule has 0 bridgehead atoms. The first-order valence-corrected chi connectivity index (χ1v) is 3.02. The van der Waals surface area contributed by atoms with Crippen molar-refractivity contribution in [2.24, 2.45) is 0 Å². The zero-order valence-electron chi connectivity index (χ0n) is 5.69. The van der Waals surface area contributed by atoms with E-state index in [1.54, 1.807) is 24.3 Å². The van der Waals surface area contributed by atoms with Gasteiger partial charge in [-0.1, -0.05) is 0 Å². The third-order valence-corrected chi connectivity index (χ3v) is 1.20. The summed E-state index contributed by atoms with van der Waals surface area (Å²) in [5, 5.41) is 0. The van der Waals surface area contributed by atoms with Gasteiger partial charge in [-0.25, -0.2) is 0 Å². The number of benzene rings is 1. The number of hydrogen-bond acceptors (Lipinski definition) is 3. The first-order valence-electron chi connectivity index (χ1n) is 3.02. The van der Waals surface area contributed by atoms with E-state index in [4.69, 9.17) is 0 Å². The first-order chi connectivity index (χ1) is 5.36. The fourth-order valence-electron chi connectivity index (χ4n) is 0.681. The van der Waals surface area contributed by atoms with Crippen LogP contribution in [0.1, 0.15) is 10.4 Å². The average Bonchev–Trinajstić information content (AvgIpc) is 2.07. The molecule has 0 saturated heterocycles. The van der Waals surface area contributed by atoms with E-state index in [-0.39, 0.29) is 0 Å². The van der Waals surface area contributed by atoms with E-state index < -0.39 is 0 Å². The molecule has 0 saturated carbocycles. The molecule has 0 radical (unpaired) electrons. The van der Waals surface area contributed by atoms with Crippen molar-refractivity contribution in [1.82, 2.24) is 0 Å². The van der Waals surface area contributed by atoms with Crippen molar-refractivity contribution in [3.8, 4) is 5.75 Å². The predicted octanol–water partition coefficient (Wildman–Crippen LogP) is 0.843. The predicted molar refractivity (Wildman–Crippen MR) is 38.9 cm³/mol. The minimum absolute atomic E-state index is 0.343. The maximum atomic E-state index is 10.2. The average molecular weight is 148 g/mol. The Hall–Kier alpha value is -1.45. The molecule has 1 aromatic rings. The zero-order valence-corrected chi connectivity index (χ0v) is 5.69. The summed E-state index contributed by atoms with van der Waals surface area (Å²) in [7, 11) is 0.343. The van der Waals surface area contributed by atoms with Gasteiger partial charge in [0.1, 0.15) is 0 Å². The van der Waals surface area contributed by atoms with Gasteiger partial charge in [0, 0.05) is 0 Å². The van der Waals surface area contributed by atoms with E-state index in [0.717, 1.165) is 6.29 Å². The van der Waals surface area contributed by atoms with Crippen LogP contribution >= 0.6 is 0 Å². The number of rotatable bonds is 3. The molecule has 0 spiro atoms.